The third kappa shape index (κ3) is 5.81. The van der Waals surface area contributed by atoms with Crippen LogP contribution in [0.25, 0.3) is 0 Å². The molecule has 161 valence electrons. The molecule has 1 aromatic carbocycles. The summed E-state index contributed by atoms with van der Waals surface area (Å²) < 4.78 is 0. The van der Waals surface area contributed by atoms with Gasteiger partial charge in [0.1, 0.15) is 0 Å². The second-order valence-electron chi connectivity index (χ2n) is 8.36. The van der Waals surface area contributed by atoms with Gasteiger partial charge >= 0.3 is 0 Å². The van der Waals surface area contributed by atoms with Crippen molar-refractivity contribution in [1.29, 1.82) is 0 Å². The molecule has 1 aromatic heterocycles. The Morgan fingerprint density at radius 1 is 1.00 bits per heavy atom. The van der Waals surface area contributed by atoms with Crippen LogP contribution < -0.4 is 16.0 Å². The van der Waals surface area contributed by atoms with Crippen LogP contribution in [0.15, 0.2) is 24.3 Å². The van der Waals surface area contributed by atoms with Crippen LogP contribution >= 0.6 is 0 Å². The predicted octanol–water partition coefficient (Wildman–Crippen LogP) is 4.45. The van der Waals surface area contributed by atoms with E-state index >= 15 is 0 Å². The van der Waals surface area contributed by atoms with Crippen LogP contribution in [0.1, 0.15) is 58.3 Å². The fourth-order valence-electron chi connectivity index (χ4n) is 4.53. The Labute approximate surface area is 180 Å². The average molecular weight is 409 g/mol. The molecule has 4 rings (SSSR count). The van der Waals surface area contributed by atoms with Crippen molar-refractivity contribution in [2.75, 3.05) is 35.6 Å². The summed E-state index contributed by atoms with van der Waals surface area (Å²) >= 11 is 0. The summed E-state index contributed by atoms with van der Waals surface area (Å²) in [5, 5.41) is 10.3. The van der Waals surface area contributed by atoms with Gasteiger partial charge in [-0.1, -0.05) is 44.7 Å². The van der Waals surface area contributed by atoms with Crippen molar-refractivity contribution in [3.05, 3.63) is 30.3 Å². The second-order valence-corrected chi connectivity index (χ2v) is 8.36. The van der Waals surface area contributed by atoms with Gasteiger partial charge in [-0.15, -0.1) is 0 Å². The van der Waals surface area contributed by atoms with E-state index in [1.807, 2.05) is 24.3 Å². The second kappa shape index (κ2) is 10.6. The molecule has 2 heterocycles. The zero-order chi connectivity index (χ0) is 20.6. The Morgan fingerprint density at radius 3 is 2.57 bits per heavy atom. The van der Waals surface area contributed by atoms with Crippen molar-refractivity contribution in [3.8, 4) is 0 Å². The molecule has 0 spiro atoms. The fraction of sp³-hybridized carbons (Fsp3) is 0.609. The Balaban J connectivity index is 1.49. The number of anilines is 4. The third-order valence-corrected chi connectivity index (χ3v) is 6.19. The molecule has 2 aliphatic rings. The Morgan fingerprint density at radius 2 is 1.80 bits per heavy atom. The van der Waals surface area contributed by atoms with E-state index in [2.05, 4.69) is 43.8 Å². The summed E-state index contributed by atoms with van der Waals surface area (Å²) in [6, 6.07) is 11.8. The zero-order valence-corrected chi connectivity index (χ0v) is 18.0. The first-order valence-corrected chi connectivity index (χ1v) is 11.5. The number of hydrogen-bond donors (Lipinski definition) is 3. The molecular formula is C23H34N7. The average Bonchev–Trinajstić information content (AvgIpc) is 3.08. The molecule has 1 unspecified atom stereocenters. The van der Waals surface area contributed by atoms with E-state index in [4.69, 9.17) is 4.98 Å². The summed E-state index contributed by atoms with van der Waals surface area (Å²) in [4.78, 5) is 16.5. The maximum atomic E-state index is 4.70. The first-order chi connectivity index (χ1) is 14.8. The van der Waals surface area contributed by atoms with Crippen LogP contribution in [0.3, 0.4) is 0 Å². The molecule has 2 aromatic rings. The highest BCUT2D eigenvalue weighted by molar-refractivity contribution is 5.55. The molecule has 0 amide bonds. The van der Waals surface area contributed by atoms with Gasteiger partial charge in [-0.05, 0) is 57.0 Å². The van der Waals surface area contributed by atoms with E-state index < -0.39 is 0 Å². The normalized spacial score (nSPS) is 20.6. The first kappa shape index (κ1) is 20.8. The van der Waals surface area contributed by atoms with Crippen LogP contribution in [-0.4, -0.2) is 51.6 Å². The lowest BCUT2D eigenvalue weighted by atomic mass is 10.1. The quantitative estimate of drug-likeness (QED) is 0.557. The highest BCUT2D eigenvalue weighted by Gasteiger charge is 2.23. The van der Waals surface area contributed by atoms with Crippen LogP contribution in [0.2, 0.25) is 0 Å². The topological polar surface area (TPSA) is 78.0 Å². The van der Waals surface area contributed by atoms with Gasteiger partial charge in [-0.25, -0.2) is 0 Å². The summed E-state index contributed by atoms with van der Waals surface area (Å²) in [6.07, 6.45) is 10.0. The van der Waals surface area contributed by atoms with Gasteiger partial charge in [0.05, 0.1) is 0 Å². The van der Waals surface area contributed by atoms with E-state index in [-0.39, 0.29) is 0 Å². The van der Waals surface area contributed by atoms with Gasteiger partial charge in [0, 0.05) is 24.3 Å². The lowest BCUT2D eigenvalue weighted by molar-refractivity contribution is 0.277. The van der Waals surface area contributed by atoms with Crippen molar-refractivity contribution in [1.82, 2.24) is 19.9 Å². The van der Waals surface area contributed by atoms with Crippen LogP contribution in [0.5, 0.6) is 0 Å². The minimum Gasteiger partial charge on any atom is -0.352 e. The molecule has 2 fully saturated rings. The van der Waals surface area contributed by atoms with Gasteiger partial charge in [-0.2, -0.15) is 15.0 Å². The van der Waals surface area contributed by atoms with Crippen molar-refractivity contribution in [3.63, 3.8) is 0 Å². The monoisotopic (exact) mass is 408 g/mol. The first-order valence-electron chi connectivity index (χ1n) is 11.5. The summed E-state index contributed by atoms with van der Waals surface area (Å²) in [5.74, 6) is 1.84. The van der Waals surface area contributed by atoms with E-state index in [1.165, 1.54) is 57.9 Å². The molecule has 1 atom stereocenters. The molecule has 3 N–H and O–H groups in total. The lowest BCUT2D eigenvalue weighted by Crippen LogP contribution is -2.35. The molecule has 7 nitrogen and oxygen atoms in total. The molecule has 30 heavy (non-hydrogen) atoms. The van der Waals surface area contributed by atoms with Crippen LogP contribution in [0.4, 0.5) is 23.5 Å². The molecule has 1 radical (unpaired) electrons. The van der Waals surface area contributed by atoms with Gasteiger partial charge in [0.15, 0.2) is 0 Å². The zero-order valence-electron chi connectivity index (χ0n) is 18.0. The minimum absolute atomic E-state index is 0.436. The number of rotatable bonds is 8. The molecule has 1 aliphatic carbocycles. The third-order valence-electron chi connectivity index (χ3n) is 6.19. The standard InChI is InChI=1S/C23H34N7/c1-2-30-16-10-15-20(30)17-24-21-27-22(25-18-11-6-3-4-7-12-18)29-23(28-21)26-19-13-8-5-9-14-19/h5,8,13-14,18,20H,2-4,6-7,10-12,15-17H2,1H3,(H3,24,25,26,27,28,29). The van der Waals surface area contributed by atoms with Crippen molar-refractivity contribution >= 4 is 23.5 Å². The van der Waals surface area contributed by atoms with E-state index in [0.29, 0.717) is 29.9 Å². The van der Waals surface area contributed by atoms with Gasteiger partial charge in [-0.3, -0.25) is 4.90 Å². The minimum atomic E-state index is 0.436. The maximum Gasteiger partial charge on any atom is 0.233 e. The van der Waals surface area contributed by atoms with Crippen molar-refractivity contribution < 1.29 is 0 Å². The lowest BCUT2D eigenvalue weighted by Gasteiger charge is -2.23. The largest absolute Gasteiger partial charge is 0.352 e. The predicted molar refractivity (Wildman–Crippen MR) is 122 cm³/mol. The van der Waals surface area contributed by atoms with Crippen molar-refractivity contribution in [2.45, 2.75) is 70.4 Å². The Kier molecular flexibility index (Phi) is 7.34. The van der Waals surface area contributed by atoms with Crippen LogP contribution in [-0.2, 0) is 0 Å². The van der Waals surface area contributed by atoms with E-state index in [9.17, 15) is 0 Å². The molecule has 7 heteroatoms. The Hall–Kier alpha value is -2.41. The smallest absolute Gasteiger partial charge is 0.233 e. The maximum absolute atomic E-state index is 4.70. The van der Waals surface area contributed by atoms with E-state index in [0.717, 1.165) is 18.8 Å². The Bertz CT molecular complexity index is 774. The number of likely N-dealkylation sites (tertiary alicyclic amines) is 1. The van der Waals surface area contributed by atoms with Crippen molar-refractivity contribution in [2.24, 2.45) is 0 Å². The molecule has 1 aliphatic heterocycles. The summed E-state index contributed by atoms with van der Waals surface area (Å²) in [7, 11) is 0. The van der Waals surface area contributed by atoms with Gasteiger partial charge in [0.2, 0.25) is 17.8 Å². The molecule has 1 saturated carbocycles. The molecular weight excluding hydrogens is 374 g/mol. The summed E-state index contributed by atoms with van der Waals surface area (Å²) in [6.45, 7) is 5.37. The number of benzene rings is 1. The fourth-order valence-corrected chi connectivity index (χ4v) is 4.53. The summed E-state index contributed by atoms with van der Waals surface area (Å²) in [5.41, 5.74) is 0.919. The number of nitrogens with one attached hydrogen (secondary N) is 3. The highest BCUT2D eigenvalue weighted by Crippen LogP contribution is 2.22. The van der Waals surface area contributed by atoms with E-state index in [1.54, 1.807) is 0 Å². The van der Waals surface area contributed by atoms with Gasteiger partial charge < -0.3 is 16.0 Å². The van der Waals surface area contributed by atoms with Gasteiger partial charge in [0.25, 0.3) is 0 Å². The number of nitrogens with zero attached hydrogens (tertiary/aromatic N) is 4. The molecule has 1 saturated heterocycles. The number of hydrogen-bond acceptors (Lipinski definition) is 7. The molecule has 0 bridgehead atoms. The number of likely N-dealkylation sites (N-methyl/N-ethyl adjacent to an activating group) is 1. The number of aromatic nitrogens is 3. The van der Waals surface area contributed by atoms with Crippen LogP contribution in [0, 0.1) is 6.07 Å². The SMILES string of the molecule is CCN1CCCC1CNc1nc(Nc2c[c]ccc2)nc(NC2CCCCCC2)n1. The highest BCUT2D eigenvalue weighted by atomic mass is 15.3.